The number of carbonyl (C=O) groups is 1. The van der Waals surface area contributed by atoms with Gasteiger partial charge in [0.25, 0.3) is 5.91 Å². The summed E-state index contributed by atoms with van der Waals surface area (Å²) in [6, 6.07) is 3.58. The van der Waals surface area contributed by atoms with Crippen LogP contribution in [0.5, 0.6) is 0 Å². The SMILES string of the molecule is CCCN(C)c1nc(N)c(C(=O)NCc2ccco2)s1. The molecule has 0 bridgehead atoms. The number of nitrogen functional groups attached to an aromatic ring is 1. The van der Waals surface area contributed by atoms with E-state index in [1.54, 1.807) is 18.4 Å². The van der Waals surface area contributed by atoms with E-state index in [4.69, 9.17) is 10.2 Å². The number of rotatable bonds is 6. The van der Waals surface area contributed by atoms with Gasteiger partial charge in [0.05, 0.1) is 12.8 Å². The van der Waals surface area contributed by atoms with E-state index in [9.17, 15) is 4.79 Å². The van der Waals surface area contributed by atoms with E-state index < -0.39 is 0 Å². The number of aromatic nitrogens is 1. The average Bonchev–Trinajstić information content (AvgIpc) is 3.05. The monoisotopic (exact) mass is 294 g/mol. The van der Waals surface area contributed by atoms with Gasteiger partial charge < -0.3 is 20.4 Å². The second kappa shape index (κ2) is 6.42. The molecule has 0 aliphatic heterocycles. The zero-order chi connectivity index (χ0) is 14.5. The Bertz CT molecular complexity index is 565. The van der Waals surface area contributed by atoms with Crippen LogP contribution in [-0.4, -0.2) is 24.5 Å². The molecule has 0 aliphatic rings. The van der Waals surface area contributed by atoms with E-state index in [1.165, 1.54) is 11.3 Å². The number of nitrogens with two attached hydrogens (primary N) is 1. The highest BCUT2D eigenvalue weighted by Gasteiger charge is 2.17. The van der Waals surface area contributed by atoms with Crippen LogP contribution < -0.4 is 16.0 Å². The van der Waals surface area contributed by atoms with Gasteiger partial charge in [-0.15, -0.1) is 0 Å². The van der Waals surface area contributed by atoms with Crippen LogP contribution in [0.1, 0.15) is 28.8 Å². The van der Waals surface area contributed by atoms with Gasteiger partial charge in [0, 0.05) is 13.6 Å². The fourth-order valence-electron chi connectivity index (χ4n) is 1.74. The number of anilines is 2. The van der Waals surface area contributed by atoms with Crippen LogP contribution in [0, 0.1) is 0 Å². The number of nitrogens with one attached hydrogen (secondary N) is 1. The van der Waals surface area contributed by atoms with Gasteiger partial charge >= 0.3 is 0 Å². The summed E-state index contributed by atoms with van der Waals surface area (Å²) >= 11 is 1.30. The van der Waals surface area contributed by atoms with Crippen molar-refractivity contribution in [3.63, 3.8) is 0 Å². The lowest BCUT2D eigenvalue weighted by Gasteiger charge is -2.13. The first-order chi connectivity index (χ1) is 9.61. The minimum Gasteiger partial charge on any atom is -0.467 e. The Morgan fingerprint density at radius 1 is 1.60 bits per heavy atom. The van der Waals surface area contributed by atoms with Crippen molar-refractivity contribution in [2.45, 2.75) is 19.9 Å². The molecular formula is C13H18N4O2S. The van der Waals surface area contributed by atoms with E-state index in [2.05, 4.69) is 17.2 Å². The quantitative estimate of drug-likeness (QED) is 0.852. The van der Waals surface area contributed by atoms with Gasteiger partial charge in [0.1, 0.15) is 16.5 Å². The molecule has 2 rings (SSSR count). The Balaban J connectivity index is 2.02. The average molecular weight is 294 g/mol. The van der Waals surface area contributed by atoms with Crippen LogP contribution in [0.4, 0.5) is 10.9 Å². The van der Waals surface area contributed by atoms with Crippen molar-refractivity contribution in [1.82, 2.24) is 10.3 Å². The van der Waals surface area contributed by atoms with Gasteiger partial charge in [-0.3, -0.25) is 4.79 Å². The normalized spacial score (nSPS) is 10.5. The third-order valence-corrected chi connectivity index (χ3v) is 3.92. The molecule has 0 saturated carbocycles. The van der Waals surface area contributed by atoms with Gasteiger partial charge in [0.2, 0.25) is 0 Å². The van der Waals surface area contributed by atoms with Crippen molar-refractivity contribution in [2.75, 3.05) is 24.2 Å². The molecule has 108 valence electrons. The predicted octanol–water partition coefficient (Wildman–Crippen LogP) is 2.09. The first-order valence-corrected chi connectivity index (χ1v) is 7.21. The second-order valence-electron chi connectivity index (χ2n) is 4.39. The van der Waals surface area contributed by atoms with Crippen molar-refractivity contribution in [3.05, 3.63) is 29.0 Å². The summed E-state index contributed by atoms with van der Waals surface area (Å²) in [7, 11) is 1.94. The molecule has 0 aromatic carbocycles. The Hall–Kier alpha value is -2.02. The summed E-state index contributed by atoms with van der Waals surface area (Å²) in [5.74, 6) is 0.738. The number of hydrogen-bond donors (Lipinski definition) is 2. The summed E-state index contributed by atoms with van der Waals surface area (Å²) in [6.45, 7) is 3.30. The van der Waals surface area contributed by atoms with Crippen LogP contribution in [0.15, 0.2) is 22.8 Å². The van der Waals surface area contributed by atoms with Crippen molar-refractivity contribution in [3.8, 4) is 0 Å². The molecule has 3 N–H and O–H groups in total. The first-order valence-electron chi connectivity index (χ1n) is 6.39. The standard InChI is InChI=1S/C13H18N4O2S/c1-3-6-17(2)13-16-11(14)10(20-13)12(18)15-8-9-5-4-7-19-9/h4-5,7H,3,6,8,14H2,1-2H3,(H,15,18). The highest BCUT2D eigenvalue weighted by molar-refractivity contribution is 7.18. The molecule has 2 aromatic rings. The highest BCUT2D eigenvalue weighted by atomic mass is 32.1. The smallest absolute Gasteiger partial charge is 0.265 e. The maximum absolute atomic E-state index is 12.1. The summed E-state index contributed by atoms with van der Waals surface area (Å²) in [4.78, 5) is 18.7. The van der Waals surface area contributed by atoms with Crippen molar-refractivity contribution >= 4 is 28.2 Å². The number of furan rings is 1. The van der Waals surface area contributed by atoms with Gasteiger partial charge in [-0.2, -0.15) is 0 Å². The van der Waals surface area contributed by atoms with Crippen molar-refractivity contribution in [2.24, 2.45) is 0 Å². The van der Waals surface area contributed by atoms with Crippen LogP contribution in [0.2, 0.25) is 0 Å². The molecule has 2 aromatic heterocycles. The lowest BCUT2D eigenvalue weighted by Crippen LogP contribution is -2.22. The molecular weight excluding hydrogens is 276 g/mol. The topological polar surface area (TPSA) is 84.4 Å². The molecule has 0 aliphatic carbocycles. The Morgan fingerprint density at radius 2 is 2.40 bits per heavy atom. The molecule has 0 unspecified atom stereocenters. The zero-order valence-corrected chi connectivity index (χ0v) is 12.4. The minimum absolute atomic E-state index is 0.229. The minimum atomic E-state index is -0.229. The number of thiazole rings is 1. The van der Waals surface area contributed by atoms with Crippen LogP contribution in [0.3, 0.4) is 0 Å². The summed E-state index contributed by atoms with van der Waals surface area (Å²) in [5.41, 5.74) is 5.81. The van der Waals surface area contributed by atoms with E-state index in [0.29, 0.717) is 17.2 Å². The molecule has 0 radical (unpaired) electrons. The fourth-order valence-corrected chi connectivity index (χ4v) is 2.63. The lowest BCUT2D eigenvalue weighted by atomic mass is 10.4. The number of carbonyl (C=O) groups excluding carboxylic acids is 1. The zero-order valence-electron chi connectivity index (χ0n) is 11.5. The largest absolute Gasteiger partial charge is 0.467 e. The highest BCUT2D eigenvalue weighted by Crippen LogP contribution is 2.27. The molecule has 7 heteroatoms. The first kappa shape index (κ1) is 14.4. The van der Waals surface area contributed by atoms with E-state index in [-0.39, 0.29) is 11.7 Å². The Kier molecular flexibility index (Phi) is 4.62. The molecule has 0 spiro atoms. The maximum atomic E-state index is 12.1. The summed E-state index contributed by atoms with van der Waals surface area (Å²) < 4.78 is 5.16. The maximum Gasteiger partial charge on any atom is 0.265 e. The van der Waals surface area contributed by atoms with E-state index >= 15 is 0 Å². The predicted molar refractivity (Wildman–Crippen MR) is 80.0 cm³/mol. The molecule has 1 amide bonds. The third-order valence-electron chi connectivity index (χ3n) is 2.74. The van der Waals surface area contributed by atoms with Gasteiger partial charge in [-0.25, -0.2) is 4.98 Å². The number of amides is 1. The van der Waals surface area contributed by atoms with Gasteiger partial charge in [0.15, 0.2) is 5.13 Å². The van der Waals surface area contributed by atoms with Crippen molar-refractivity contribution < 1.29 is 9.21 Å². The summed E-state index contributed by atoms with van der Waals surface area (Å²) in [5, 5.41) is 3.52. The Labute approximate surface area is 121 Å². The van der Waals surface area contributed by atoms with Crippen LogP contribution >= 0.6 is 11.3 Å². The fraction of sp³-hybridized carbons (Fsp3) is 0.385. The summed E-state index contributed by atoms with van der Waals surface area (Å²) in [6.07, 6.45) is 2.58. The molecule has 0 fully saturated rings. The molecule has 20 heavy (non-hydrogen) atoms. The third kappa shape index (κ3) is 3.30. The lowest BCUT2D eigenvalue weighted by molar-refractivity contribution is 0.0953. The van der Waals surface area contributed by atoms with Gasteiger partial charge in [-0.05, 0) is 18.6 Å². The number of nitrogens with zero attached hydrogens (tertiary/aromatic N) is 2. The van der Waals surface area contributed by atoms with E-state index in [0.717, 1.165) is 18.1 Å². The molecule has 0 atom stereocenters. The molecule has 6 nitrogen and oxygen atoms in total. The molecule has 0 saturated heterocycles. The molecule has 2 heterocycles. The van der Waals surface area contributed by atoms with Crippen molar-refractivity contribution in [1.29, 1.82) is 0 Å². The van der Waals surface area contributed by atoms with Crippen LogP contribution in [0.25, 0.3) is 0 Å². The second-order valence-corrected chi connectivity index (χ2v) is 5.37. The van der Waals surface area contributed by atoms with Gasteiger partial charge in [-0.1, -0.05) is 18.3 Å². The Morgan fingerprint density at radius 3 is 3.05 bits per heavy atom. The van der Waals surface area contributed by atoms with E-state index in [1.807, 2.05) is 11.9 Å². The van der Waals surface area contributed by atoms with Crippen LogP contribution in [-0.2, 0) is 6.54 Å². The number of hydrogen-bond acceptors (Lipinski definition) is 6.